The molecule has 4 aromatic rings. The minimum Gasteiger partial charge on any atom is -0.501 e. The van der Waals surface area contributed by atoms with Gasteiger partial charge in [0.1, 0.15) is 23.6 Å². The van der Waals surface area contributed by atoms with E-state index in [-0.39, 0.29) is 28.2 Å². The lowest BCUT2D eigenvalue weighted by molar-refractivity contribution is 0.101. The third-order valence-electron chi connectivity index (χ3n) is 5.73. The maximum atomic E-state index is 14.9. The van der Waals surface area contributed by atoms with Crippen molar-refractivity contribution in [3.63, 3.8) is 0 Å². The monoisotopic (exact) mass is 495 g/mol. The Hall–Kier alpha value is -4.86. The highest BCUT2D eigenvalue weighted by molar-refractivity contribution is 6.04. The lowest BCUT2D eigenvalue weighted by Gasteiger charge is -2.26. The Bertz CT molecular complexity index is 1550. The standard InChI is InChI=1S/C23H19F2N7O4/c1-11(17(16-9-31(2)30-20(16)25)15-6-13(24)5-4-12(15)7-26)21-29-18(19(33)23(35)32(21)3)22(34)28-14-8-27-36-10-14/h4-6,8-11,17,33H,1-3H3,(H,28,34)/t11-,17+/m1/s1. The average molecular weight is 495 g/mol. The molecule has 0 fully saturated rings. The van der Waals surface area contributed by atoms with Crippen LogP contribution in [0.2, 0.25) is 0 Å². The van der Waals surface area contributed by atoms with Crippen LogP contribution < -0.4 is 10.9 Å². The topological polar surface area (TPSA) is 152 Å². The van der Waals surface area contributed by atoms with Gasteiger partial charge in [-0.2, -0.15) is 9.65 Å². The van der Waals surface area contributed by atoms with Crippen molar-refractivity contribution in [1.82, 2.24) is 24.5 Å². The molecule has 1 aromatic carbocycles. The van der Waals surface area contributed by atoms with Crippen LogP contribution in [0.4, 0.5) is 14.5 Å². The van der Waals surface area contributed by atoms with Gasteiger partial charge in [-0.3, -0.25) is 18.8 Å². The summed E-state index contributed by atoms with van der Waals surface area (Å²) in [7, 11) is 2.81. The second-order valence-corrected chi connectivity index (χ2v) is 8.06. The van der Waals surface area contributed by atoms with Gasteiger partial charge in [-0.1, -0.05) is 12.1 Å². The number of carbonyl (C=O) groups is 1. The summed E-state index contributed by atoms with van der Waals surface area (Å²) < 4.78 is 36.1. The number of aromatic hydroxyl groups is 1. The van der Waals surface area contributed by atoms with Gasteiger partial charge in [-0.15, -0.1) is 5.10 Å². The number of benzene rings is 1. The van der Waals surface area contributed by atoms with E-state index in [1.54, 1.807) is 6.92 Å². The fourth-order valence-corrected chi connectivity index (χ4v) is 4.07. The first-order chi connectivity index (χ1) is 17.1. The Morgan fingerprint density at radius 3 is 2.64 bits per heavy atom. The van der Waals surface area contributed by atoms with Crippen molar-refractivity contribution >= 4 is 11.6 Å². The molecule has 3 heterocycles. The molecule has 0 radical (unpaired) electrons. The van der Waals surface area contributed by atoms with Crippen LogP contribution in [0, 0.1) is 23.1 Å². The molecule has 0 saturated carbocycles. The third kappa shape index (κ3) is 4.31. The maximum Gasteiger partial charge on any atom is 0.296 e. The normalized spacial score (nSPS) is 12.7. The van der Waals surface area contributed by atoms with Gasteiger partial charge in [0.25, 0.3) is 11.5 Å². The van der Waals surface area contributed by atoms with E-state index in [9.17, 15) is 28.7 Å². The molecule has 3 aromatic heterocycles. The lowest BCUT2D eigenvalue weighted by atomic mass is 9.80. The number of carbonyl (C=O) groups excluding carboxylic acids is 1. The molecule has 0 spiro atoms. The second kappa shape index (κ2) is 9.41. The van der Waals surface area contributed by atoms with Crippen LogP contribution in [0.5, 0.6) is 5.75 Å². The number of nitrogens with one attached hydrogen (secondary N) is 1. The zero-order valence-corrected chi connectivity index (χ0v) is 19.2. The molecular formula is C23H19F2N7O4. The van der Waals surface area contributed by atoms with Crippen molar-refractivity contribution in [2.24, 2.45) is 14.1 Å². The Morgan fingerprint density at radius 2 is 2.03 bits per heavy atom. The van der Waals surface area contributed by atoms with Crippen molar-refractivity contribution in [2.75, 3.05) is 5.32 Å². The highest BCUT2D eigenvalue weighted by Gasteiger charge is 2.33. The van der Waals surface area contributed by atoms with Crippen molar-refractivity contribution < 1.29 is 23.2 Å². The maximum absolute atomic E-state index is 14.9. The summed E-state index contributed by atoms with van der Waals surface area (Å²) in [5.41, 5.74) is -1.14. The van der Waals surface area contributed by atoms with Crippen molar-refractivity contribution in [1.29, 1.82) is 5.26 Å². The van der Waals surface area contributed by atoms with Gasteiger partial charge in [-0.05, 0) is 23.8 Å². The van der Waals surface area contributed by atoms with Gasteiger partial charge >= 0.3 is 0 Å². The highest BCUT2D eigenvalue weighted by atomic mass is 19.1. The number of hydrogen-bond donors (Lipinski definition) is 2. The SMILES string of the molecule is C[C@@H](c1nc(C(=O)Nc2cnoc2)c(O)c(=O)n1C)[C@@H](c1cc(F)ccc1C#N)c1cn(C)nc1F. The molecule has 0 aliphatic rings. The summed E-state index contributed by atoms with van der Waals surface area (Å²) in [5.74, 6) is -5.33. The molecule has 4 rings (SSSR count). The quantitative estimate of drug-likeness (QED) is 0.414. The molecule has 0 unspecified atom stereocenters. The van der Waals surface area contributed by atoms with E-state index in [1.165, 1.54) is 37.2 Å². The third-order valence-corrected chi connectivity index (χ3v) is 5.73. The van der Waals surface area contributed by atoms with Crippen molar-refractivity contribution in [3.05, 3.63) is 87.2 Å². The number of halogens is 2. The summed E-state index contributed by atoms with van der Waals surface area (Å²) in [6, 6.07) is 5.44. The smallest absolute Gasteiger partial charge is 0.296 e. The number of rotatable bonds is 6. The minimum absolute atomic E-state index is 0.0184. The Kier molecular flexibility index (Phi) is 6.35. The Balaban J connectivity index is 1.91. The number of nitriles is 1. The van der Waals surface area contributed by atoms with E-state index in [2.05, 4.69) is 25.1 Å². The van der Waals surface area contributed by atoms with Gasteiger partial charge in [0, 0.05) is 37.7 Å². The molecule has 0 aliphatic heterocycles. The summed E-state index contributed by atoms with van der Waals surface area (Å²) in [6.07, 6.45) is 3.71. The predicted molar refractivity (Wildman–Crippen MR) is 120 cm³/mol. The lowest BCUT2D eigenvalue weighted by Crippen LogP contribution is -2.29. The van der Waals surface area contributed by atoms with Gasteiger partial charge in [-0.25, -0.2) is 9.37 Å². The summed E-state index contributed by atoms with van der Waals surface area (Å²) >= 11 is 0. The van der Waals surface area contributed by atoms with Crippen molar-refractivity contribution in [3.8, 4) is 11.8 Å². The number of aromatic nitrogens is 5. The molecule has 184 valence electrons. The summed E-state index contributed by atoms with van der Waals surface area (Å²) in [5, 5.41) is 29.6. The molecule has 1 amide bonds. The number of hydrogen-bond acceptors (Lipinski definition) is 8. The van der Waals surface area contributed by atoms with Gasteiger partial charge in [0.15, 0.2) is 5.69 Å². The molecule has 11 nitrogen and oxygen atoms in total. The van der Waals surface area contributed by atoms with E-state index in [0.717, 1.165) is 23.0 Å². The van der Waals surface area contributed by atoms with Crippen LogP contribution in [0.3, 0.4) is 0 Å². The van der Waals surface area contributed by atoms with Crippen LogP contribution in [0.1, 0.15) is 51.8 Å². The predicted octanol–water partition coefficient (Wildman–Crippen LogP) is 2.55. The molecule has 0 saturated heterocycles. The van der Waals surface area contributed by atoms with Crippen LogP contribution >= 0.6 is 0 Å². The minimum atomic E-state index is -1.04. The highest BCUT2D eigenvalue weighted by Crippen LogP contribution is 2.40. The Morgan fingerprint density at radius 1 is 1.28 bits per heavy atom. The van der Waals surface area contributed by atoms with Gasteiger partial charge in [0.2, 0.25) is 11.7 Å². The van der Waals surface area contributed by atoms with Crippen molar-refractivity contribution in [2.45, 2.75) is 18.8 Å². The molecule has 0 bridgehead atoms. The second-order valence-electron chi connectivity index (χ2n) is 8.06. The molecule has 36 heavy (non-hydrogen) atoms. The molecule has 2 N–H and O–H groups in total. The van der Waals surface area contributed by atoms with Gasteiger partial charge < -0.3 is 14.9 Å². The van der Waals surface area contributed by atoms with Gasteiger partial charge in [0.05, 0.1) is 17.8 Å². The fraction of sp³-hybridized carbons (Fsp3) is 0.217. The zero-order valence-electron chi connectivity index (χ0n) is 19.2. The molecule has 2 atom stereocenters. The van der Waals surface area contributed by atoms with E-state index in [0.29, 0.717) is 0 Å². The first-order valence-corrected chi connectivity index (χ1v) is 10.5. The van der Waals surface area contributed by atoms with Crippen LogP contribution in [-0.2, 0) is 14.1 Å². The molecule has 13 heteroatoms. The van der Waals surface area contributed by atoms with E-state index < -0.39 is 46.5 Å². The molecule has 0 aliphatic carbocycles. The number of anilines is 1. The summed E-state index contributed by atoms with van der Waals surface area (Å²) in [6.45, 7) is 1.57. The number of aryl methyl sites for hydroxylation is 1. The largest absolute Gasteiger partial charge is 0.501 e. The number of nitrogens with zero attached hydrogens (tertiary/aromatic N) is 6. The first-order valence-electron chi connectivity index (χ1n) is 10.5. The zero-order chi connectivity index (χ0) is 26.1. The first kappa shape index (κ1) is 24.3. The average Bonchev–Trinajstić information content (AvgIpc) is 3.46. The number of amides is 1. The van der Waals surface area contributed by atoms with Crippen LogP contribution in [0.15, 0.2) is 46.2 Å². The van der Waals surface area contributed by atoms with Crippen LogP contribution in [-0.4, -0.2) is 35.5 Å². The van der Waals surface area contributed by atoms with E-state index in [4.69, 9.17) is 0 Å². The Labute approximate surface area is 202 Å². The fourth-order valence-electron chi connectivity index (χ4n) is 4.07. The van der Waals surface area contributed by atoms with E-state index >= 15 is 0 Å². The van der Waals surface area contributed by atoms with Crippen LogP contribution in [0.25, 0.3) is 0 Å². The summed E-state index contributed by atoms with van der Waals surface area (Å²) in [4.78, 5) is 29.8. The molecular weight excluding hydrogens is 476 g/mol. The van der Waals surface area contributed by atoms with E-state index in [1.807, 2.05) is 6.07 Å².